The molecule has 4 nitrogen and oxygen atoms in total. The first-order chi connectivity index (χ1) is 8.93. The number of alkyl halides is 1. The van der Waals surface area contributed by atoms with Crippen LogP contribution in [0.3, 0.4) is 0 Å². The van der Waals surface area contributed by atoms with Gasteiger partial charge in [-0.15, -0.1) is 11.6 Å². The van der Waals surface area contributed by atoms with E-state index in [9.17, 15) is 9.90 Å². The van der Waals surface area contributed by atoms with Gasteiger partial charge in [0.1, 0.15) is 0 Å². The van der Waals surface area contributed by atoms with Gasteiger partial charge in [0, 0.05) is 12.5 Å². The molecule has 0 aliphatic rings. The number of amides is 1. The summed E-state index contributed by atoms with van der Waals surface area (Å²) in [7, 11) is 0. The standard InChI is InChI=1S/C14H21ClN2O2/c1-9(2)14(19)17-12-5-4-10(3)6-13(12)16-8-11(18)7-15/h4-6,9,11,16,18H,7-8H2,1-3H3,(H,17,19). The predicted octanol–water partition coefficient (Wildman–Crippen LogP) is 2.60. The molecule has 0 aliphatic carbocycles. The Morgan fingerprint density at radius 1 is 1.37 bits per heavy atom. The maximum atomic E-state index is 11.7. The average Bonchev–Trinajstić information content (AvgIpc) is 2.38. The third-order valence-corrected chi connectivity index (χ3v) is 3.02. The number of aliphatic hydroxyl groups is 1. The SMILES string of the molecule is Cc1ccc(NC(=O)C(C)C)c(NCC(O)CCl)c1. The molecule has 0 radical (unpaired) electrons. The number of hydrogen-bond donors (Lipinski definition) is 3. The van der Waals surface area contributed by atoms with E-state index in [-0.39, 0.29) is 17.7 Å². The Bertz CT molecular complexity index is 435. The lowest BCUT2D eigenvalue weighted by atomic mass is 10.1. The highest BCUT2D eigenvalue weighted by Gasteiger charge is 2.11. The first-order valence-electron chi connectivity index (χ1n) is 6.33. The zero-order valence-electron chi connectivity index (χ0n) is 11.5. The van der Waals surface area contributed by atoms with E-state index in [1.165, 1.54) is 0 Å². The van der Waals surface area contributed by atoms with Crippen molar-refractivity contribution in [1.29, 1.82) is 0 Å². The molecule has 3 N–H and O–H groups in total. The van der Waals surface area contributed by atoms with Crippen molar-refractivity contribution in [2.24, 2.45) is 5.92 Å². The Labute approximate surface area is 119 Å². The number of aliphatic hydroxyl groups excluding tert-OH is 1. The van der Waals surface area contributed by atoms with E-state index in [0.29, 0.717) is 12.2 Å². The monoisotopic (exact) mass is 284 g/mol. The van der Waals surface area contributed by atoms with Gasteiger partial charge in [-0.05, 0) is 24.6 Å². The fourth-order valence-electron chi connectivity index (χ4n) is 1.47. The summed E-state index contributed by atoms with van der Waals surface area (Å²) in [5.74, 6) is 0.0550. The number of anilines is 2. The molecule has 0 spiro atoms. The van der Waals surface area contributed by atoms with Crippen LogP contribution in [0.5, 0.6) is 0 Å². The summed E-state index contributed by atoms with van der Waals surface area (Å²) in [5, 5.41) is 15.4. The number of halogens is 1. The number of carbonyl (C=O) groups excluding carboxylic acids is 1. The van der Waals surface area contributed by atoms with Crippen LogP contribution in [-0.2, 0) is 4.79 Å². The highest BCUT2D eigenvalue weighted by atomic mass is 35.5. The molecule has 1 atom stereocenters. The van der Waals surface area contributed by atoms with Crippen molar-refractivity contribution in [3.05, 3.63) is 23.8 Å². The Kier molecular flexibility index (Phi) is 6.12. The second-order valence-corrected chi connectivity index (χ2v) is 5.19. The maximum absolute atomic E-state index is 11.7. The van der Waals surface area contributed by atoms with Gasteiger partial charge in [-0.25, -0.2) is 0 Å². The van der Waals surface area contributed by atoms with Crippen LogP contribution >= 0.6 is 11.6 Å². The lowest BCUT2D eigenvalue weighted by molar-refractivity contribution is -0.118. The van der Waals surface area contributed by atoms with Gasteiger partial charge >= 0.3 is 0 Å². The van der Waals surface area contributed by atoms with Crippen molar-refractivity contribution in [2.45, 2.75) is 26.9 Å². The van der Waals surface area contributed by atoms with Crippen LogP contribution < -0.4 is 10.6 Å². The molecule has 0 aromatic heterocycles. The molecule has 106 valence electrons. The van der Waals surface area contributed by atoms with E-state index >= 15 is 0 Å². The van der Waals surface area contributed by atoms with Gasteiger partial charge in [0.15, 0.2) is 0 Å². The van der Waals surface area contributed by atoms with Gasteiger partial charge in [0.05, 0.1) is 23.4 Å². The number of nitrogens with one attached hydrogen (secondary N) is 2. The molecule has 1 aromatic carbocycles. The van der Waals surface area contributed by atoms with Crippen LogP contribution in [0.25, 0.3) is 0 Å². The third-order valence-electron chi connectivity index (χ3n) is 2.66. The minimum atomic E-state index is -0.615. The smallest absolute Gasteiger partial charge is 0.226 e. The van der Waals surface area contributed by atoms with E-state index in [0.717, 1.165) is 11.3 Å². The normalized spacial score (nSPS) is 12.3. The minimum absolute atomic E-state index is 0.0372. The lowest BCUT2D eigenvalue weighted by Gasteiger charge is -2.16. The molecular formula is C14H21ClN2O2. The predicted molar refractivity (Wildman–Crippen MR) is 79.9 cm³/mol. The maximum Gasteiger partial charge on any atom is 0.226 e. The van der Waals surface area contributed by atoms with E-state index in [1.807, 2.05) is 39.0 Å². The second kappa shape index (κ2) is 7.36. The highest BCUT2D eigenvalue weighted by Crippen LogP contribution is 2.23. The van der Waals surface area contributed by atoms with E-state index in [4.69, 9.17) is 11.6 Å². The van der Waals surface area contributed by atoms with Crippen molar-refractivity contribution in [1.82, 2.24) is 0 Å². The summed E-state index contributed by atoms with van der Waals surface area (Å²) in [6.07, 6.45) is -0.615. The van der Waals surface area contributed by atoms with Crippen molar-refractivity contribution >= 4 is 28.9 Å². The molecule has 5 heteroatoms. The molecule has 1 unspecified atom stereocenters. The Morgan fingerprint density at radius 2 is 2.05 bits per heavy atom. The minimum Gasteiger partial charge on any atom is -0.390 e. The molecule has 0 bridgehead atoms. The molecule has 1 amide bonds. The molecule has 1 aromatic rings. The first kappa shape index (κ1) is 15.8. The quantitative estimate of drug-likeness (QED) is 0.704. The molecule has 1 rings (SSSR count). The van der Waals surface area contributed by atoms with Crippen LogP contribution in [-0.4, -0.2) is 29.5 Å². The van der Waals surface area contributed by atoms with Crippen LogP contribution in [0.1, 0.15) is 19.4 Å². The lowest BCUT2D eigenvalue weighted by Crippen LogP contribution is -2.23. The van der Waals surface area contributed by atoms with E-state index in [1.54, 1.807) is 0 Å². The second-order valence-electron chi connectivity index (χ2n) is 4.88. The largest absolute Gasteiger partial charge is 0.390 e. The summed E-state index contributed by atoms with van der Waals surface area (Å²) in [6.45, 7) is 6.00. The van der Waals surface area contributed by atoms with Crippen molar-refractivity contribution < 1.29 is 9.90 Å². The highest BCUT2D eigenvalue weighted by molar-refractivity contribution is 6.18. The topological polar surface area (TPSA) is 61.4 Å². The average molecular weight is 285 g/mol. The van der Waals surface area contributed by atoms with Crippen LogP contribution in [0.15, 0.2) is 18.2 Å². The number of aryl methyl sites for hydroxylation is 1. The van der Waals surface area contributed by atoms with Crippen molar-refractivity contribution in [2.75, 3.05) is 23.1 Å². The molecule has 0 heterocycles. The number of carbonyl (C=O) groups is 1. The van der Waals surface area contributed by atoms with Crippen LogP contribution in [0.4, 0.5) is 11.4 Å². The summed E-state index contributed by atoms with van der Waals surface area (Å²) in [4.78, 5) is 11.7. The molecule has 0 saturated carbocycles. The van der Waals surface area contributed by atoms with Gasteiger partial charge < -0.3 is 15.7 Å². The van der Waals surface area contributed by atoms with Crippen LogP contribution in [0, 0.1) is 12.8 Å². The number of benzene rings is 1. The third kappa shape index (κ3) is 5.09. The summed E-state index contributed by atoms with van der Waals surface area (Å²) in [5.41, 5.74) is 2.58. The van der Waals surface area contributed by atoms with Gasteiger partial charge in [0.25, 0.3) is 0 Å². The van der Waals surface area contributed by atoms with Crippen LogP contribution in [0.2, 0.25) is 0 Å². The Hall–Kier alpha value is -1.26. The zero-order chi connectivity index (χ0) is 14.4. The Morgan fingerprint density at radius 3 is 2.63 bits per heavy atom. The fraction of sp³-hybridized carbons (Fsp3) is 0.500. The molecule has 19 heavy (non-hydrogen) atoms. The molecule has 0 aliphatic heterocycles. The fourth-order valence-corrected chi connectivity index (χ4v) is 1.58. The summed E-state index contributed by atoms with van der Waals surface area (Å²) in [6, 6.07) is 5.71. The summed E-state index contributed by atoms with van der Waals surface area (Å²) < 4.78 is 0. The van der Waals surface area contributed by atoms with Crippen molar-refractivity contribution in [3.63, 3.8) is 0 Å². The molecule has 0 saturated heterocycles. The number of rotatable bonds is 6. The van der Waals surface area contributed by atoms with E-state index in [2.05, 4.69) is 10.6 Å². The van der Waals surface area contributed by atoms with E-state index < -0.39 is 6.10 Å². The Balaban J connectivity index is 2.82. The van der Waals surface area contributed by atoms with Gasteiger partial charge in [-0.3, -0.25) is 4.79 Å². The summed E-state index contributed by atoms with van der Waals surface area (Å²) >= 11 is 5.56. The van der Waals surface area contributed by atoms with Gasteiger partial charge in [-0.1, -0.05) is 19.9 Å². The van der Waals surface area contributed by atoms with Gasteiger partial charge in [0.2, 0.25) is 5.91 Å². The first-order valence-corrected chi connectivity index (χ1v) is 6.87. The zero-order valence-corrected chi connectivity index (χ0v) is 12.3. The molecule has 0 fully saturated rings. The number of hydrogen-bond acceptors (Lipinski definition) is 3. The van der Waals surface area contributed by atoms with Gasteiger partial charge in [-0.2, -0.15) is 0 Å². The van der Waals surface area contributed by atoms with Crippen molar-refractivity contribution in [3.8, 4) is 0 Å². The molecular weight excluding hydrogens is 264 g/mol.